The first kappa shape index (κ1) is 21.7. The first-order valence-corrected chi connectivity index (χ1v) is 11.8. The van der Waals surface area contributed by atoms with Crippen molar-refractivity contribution in [1.82, 2.24) is 15.3 Å². The SMILES string of the molecule is CC[C@@H](C)NC(=O)c1sc2ncnc(NCC3(c4ccccc4)CCOCC3)c2c1C. The number of fused-ring (bicyclic) bond motifs is 1. The second kappa shape index (κ2) is 9.32. The number of rotatable bonds is 7. The number of carbonyl (C=O) groups excluding carboxylic acids is 1. The number of carbonyl (C=O) groups is 1. The van der Waals surface area contributed by atoms with E-state index in [4.69, 9.17) is 4.74 Å². The fourth-order valence-electron chi connectivity index (χ4n) is 4.19. The molecule has 0 radical (unpaired) electrons. The summed E-state index contributed by atoms with van der Waals surface area (Å²) in [6.45, 7) is 8.34. The lowest BCUT2D eigenvalue weighted by molar-refractivity contribution is 0.0544. The number of anilines is 1. The molecule has 0 bridgehead atoms. The maximum absolute atomic E-state index is 12.8. The number of aromatic nitrogens is 2. The molecule has 164 valence electrons. The molecule has 2 aromatic heterocycles. The van der Waals surface area contributed by atoms with Gasteiger partial charge in [0.05, 0.1) is 10.3 Å². The Hall–Kier alpha value is -2.51. The Morgan fingerprint density at radius 2 is 1.97 bits per heavy atom. The van der Waals surface area contributed by atoms with E-state index in [1.54, 1.807) is 6.33 Å². The predicted octanol–water partition coefficient (Wildman–Crippen LogP) is 4.69. The van der Waals surface area contributed by atoms with E-state index in [0.717, 1.165) is 60.6 Å². The van der Waals surface area contributed by atoms with E-state index in [9.17, 15) is 4.79 Å². The molecule has 3 heterocycles. The molecule has 0 spiro atoms. The van der Waals surface area contributed by atoms with Crippen LogP contribution in [0.25, 0.3) is 10.2 Å². The van der Waals surface area contributed by atoms with Crippen LogP contribution in [0.15, 0.2) is 36.7 Å². The van der Waals surface area contributed by atoms with Gasteiger partial charge in [0.2, 0.25) is 0 Å². The quantitative estimate of drug-likeness (QED) is 0.560. The van der Waals surface area contributed by atoms with Gasteiger partial charge in [-0.05, 0) is 44.2 Å². The van der Waals surface area contributed by atoms with Crippen LogP contribution in [0, 0.1) is 6.92 Å². The van der Waals surface area contributed by atoms with Crippen molar-refractivity contribution in [2.45, 2.75) is 51.5 Å². The average Bonchev–Trinajstić information content (AvgIpc) is 3.16. The van der Waals surface area contributed by atoms with Gasteiger partial charge in [-0.3, -0.25) is 4.79 Å². The smallest absolute Gasteiger partial charge is 0.261 e. The summed E-state index contributed by atoms with van der Waals surface area (Å²) in [7, 11) is 0. The lowest BCUT2D eigenvalue weighted by Crippen LogP contribution is -2.40. The molecule has 7 heteroatoms. The van der Waals surface area contributed by atoms with Crippen molar-refractivity contribution in [2.24, 2.45) is 0 Å². The Morgan fingerprint density at radius 1 is 1.23 bits per heavy atom. The highest BCUT2D eigenvalue weighted by molar-refractivity contribution is 7.20. The standard InChI is InChI=1S/C24H30N4O2S/c1-4-16(2)28-22(29)20-17(3)19-21(26-15-27-23(19)31-20)25-14-24(10-12-30-13-11-24)18-8-6-5-7-9-18/h5-9,15-16H,4,10-14H2,1-3H3,(H,28,29)(H,25,26,27)/t16-/m1/s1. The van der Waals surface area contributed by atoms with Gasteiger partial charge in [0.15, 0.2) is 0 Å². The normalized spacial score (nSPS) is 16.7. The van der Waals surface area contributed by atoms with Crippen molar-refractivity contribution in [1.29, 1.82) is 0 Å². The molecule has 6 nitrogen and oxygen atoms in total. The Morgan fingerprint density at radius 3 is 2.68 bits per heavy atom. The van der Waals surface area contributed by atoms with Crippen LogP contribution in [-0.2, 0) is 10.2 Å². The van der Waals surface area contributed by atoms with E-state index < -0.39 is 0 Å². The monoisotopic (exact) mass is 438 g/mol. The second-order valence-electron chi connectivity index (χ2n) is 8.35. The number of nitrogens with one attached hydrogen (secondary N) is 2. The maximum Gasteiger partial charge on any atom is 0.261 e. The molecule has 1 atom stereocenters. The zero-order valence-electron chi connectivity index (χ0n) is 18.4. The third kappa shape index (κ3) is 4.43. The van der Waals surface area contributed by atoms with Gasteiger partial charge >= 0.3 is 0 Å². The predicted molar refractivity (Wildman–Crippen MR) is 126 cm³/mol. The van der Waals surface area contributed by atoms with Gasteiger partial charge in [-0.15, -0.1) is 11.3 Å². The Labute approximate surface area is 187 Å². The molecule has 1 aliphatic rings. The second-order valence-corrected chi connectivity index (χ2v) is 9.35. The number of ether oxygens (including phenoxy) is 1. The van der Waals surface area contributed by atoms with Crippen LogP contribution >= 0.6 is 11.3 Å². The molecule has 31 heavy (non-hydrogen) atoms. The number of hydrogen-bond donors (Lipinski definition) is 2. The van der Waals surface area contributed by atoms with Crippen LogP contribution < -0.4 is 10.6 Å². The third-order valence-corrected chi connectivity index (χ3v) is 7.55. The summed E-state index contributed by atoms with van der Waals surface area (Å²) >= 11 is 1.43. The number of amides is 1. The lowest BCUT2D eigenvalue weighted by Gasteiger charge is -2.38. The van der Waals surface area contributed by atoms with Gasteiger partial charge in [-0.25, -0.2) is 9.97 Å². The van der Waals surface area contributed by atoms with Crippen LogP contribution in [0.5, 0.6) is 0 Å². The first-order valence-electron chi connectivity index (χ1n) is 11.0. The van der Waals surface area contributed by atoms with E-state index in [0.29, 0.717) is 4.88 Å². The Kier molecular flexibility index (Phi) is 6.53. The van der Waals surface area contributed by atoms with Gasteiger partial charge in [0.1, 0.15) is 17.0 Å². The summed E-state index contributed by atoms with van der Waals surface area (Å²) in [4.78, 5) is 23.3. The molecule has 1 saturated heterocycles. The van der Waals surface area contributed by atoms with Gasteiger partial charge in [-0.1, -0.05) is 37.3 Å². The first-order chi connectivity index (χ1) is 15.0. The molecule has 1 aliphatic heterocycles. The number of benzene rings is 1. The van der Waals surface area contributed by atoms with E-state index in [2.05, 4.69) is 57.9 Å². The zero-order chi connectivity index (χ0) is 21.8. The minimum atomic E-state index is -0.0361. The van der Waals surface area contributed by atoms with Crippen molar-refractivity contribution < 1.29 is 9.53 Å². The van der Waals surface area contributed by atoms with E-state index in [1.165, 1.54) is 16.9 Å². The highest BCUT2D eigenvalue weighted by atomic mass is 32.1. The molecule has 4 rings (SSSR count). The van der Waals surface area contributed by atoms with Crippen molar-refractivity contribution in [2.75, 3.05) is 25.1 Å². The summed E-state index contributed by atoms with van der Waals surface area (Å²) < 4.78 is 5.66. The molecule has 1 aromatic carbocycles. The number of aryl methyl sites for hydroxylation is 1. The number of nitrogens with zero attached hydrogens (tertiary/aromatic N) is 2. The molecular weight excluding hydrogens is 408 g/mol. The fraction of sp³-hybridized carbons (Fsp3) is 0.458. The molecule has 3 aromatic rings. The molecule has 2 N–H and O–H groups in total. The van der Waals surface area contributed by atoms with Crippen LogP contribution in [0.1, 0.15) is 53.9 Å². The van der Waals surface area contributed by atoms with Gasteiger partial charge in [-0.2, -0.15) is 0 Å². The van der Waals surface area contributed by atoms with Crippen molar-refractivity contribution >= 4 is 33.3 Å². The molecule has 1 fully saturated rings. The largest absolute Gasteiger partial charge is 0.381 e. The van der Waals surface area contributed by atoms with Crippen LogP contribution in [0.2, 0.25) is 0 Å². The van der Waals surface area contributed by atoms with E-state index in [-0.39, 0.29) is 17.4 Å². The summed E-state index contributed by atoms with van der Waals surface area (Å²) in [5.74, 6) is 0.758. The van der Waals surface area contributed by atoms with Crippen LogP contribution in [0.3, 0.4) is 0 Å². The van der Waals surface area contributed by atoms with Crippen molar-refractivity contribution in [3.05, 3.63) is 52.7 Å². The summed E-state index contributed by atoms with van der Waals surface area (Å²) in [6, 6.07) is 10.8. The van der Waals surface area contributed by atoms with Crippen molar-refractivity contribution in [3.63, 3.8) is 0 Å². The Bertz CT molecular complexity index is 1040. The molecule has 0 unspecified atom stereocenters. The number of thiophene rings is 1. The van der Waals surface area contributed by atoms with Gasteiger partial charge in [0.25, 0.3) is 5.91 Å². The van der Waals surface area contributed by atoms with E-state index >= 15 is 0 Å². The maximum atomic E-state index is 12.8. The zero-order valence-corrected chi connectivity index (χ0v) is 19.2. The van der Waals surface area contributed by atoms with Gasteiger partial charge < -0.3 is 15.4 Å². The van der Waals surface area contributed by atoms with Crippen LogP contribution in [0.4, 0.5) is 5.82 Å². The topological polar surface area (TPSA) is 76.1 Å². The van der Waals surface area contributed by atoms with Crippen molar-refractivity contribution in [3.8, 4) is 0 Å². The third-order valence-electron chi connectivity index (χ3n) is 6.35. The molecule has 0 saturated carbocycles. The Balaban J connectivity index is 1.63. The lowest BCUT2D eigenvalue weighted by atomic mass is 9.74. The highest BCUT2D eigenvalue weighted by Gasteiger charge is 2.34. The summed E-state index contributed by atoms with van der Waals surface area (Å²) in [6.07, 6.45) is 4.40. The summed E-state index contributed by atoms with van der Waals surface area (Å²) in [5, 5.41) is 7.62. The molecule has 1 amide bonds. The fourth-order valence-corrected chi connectivity index (χ4v) is 5.24. The number of hydrogen-bond acceptors (Lipinski definition) is 6. The average molecular weight is 439 g/mol. The molecule has 0 aliphatic carbocycles. The van der Waals surface area contributed by atoms with Crippen LogP contribution in [-0.4, -0.2) is 41.7 Å². The van der Waals surface area contributed by atoms with Gasteiger partial charge in [0, 0.05) is 31.2 Å². The van der Waals surface area contributed by atoms with E-state index in [1.807, 2.05) is 13.8 Å². The molecular formula is C24H30N4O2S. The summed E-state index contributed by atoms with van der Waals surface area (Å²) in [5.41, 5.74) is 2.26. The highest BCUT2D eigenvalue weighted by Crippen LogP contribution is 2.37. The minimum absolute atomic E-state index is 0.00251. The minimum Gasteiger partial charge on any atom is -0.381 e.